The van der Waals surface area contributed by atoms with Crippen LogP contribution in [0.5, 0.6) is 5.75 Å². The molecule has 0 bridgehead atoms. The molecule has 0 saturated carbocycles. The fourth-order valence-corrected chi connectivity index (χ4v) is 3.13. The lowest BCUT2D eigenvalue weighted by atomic mass is 10.0. The maximum absolute atomic E-state index is 12.1. The molecule has 1 saturated heterocycles. The van der Waals surface area contributed by atoms with Gasteiger partial charge >= 0.3 is 0 Å². The van der Waals surface area contributed by atoms with Gasteiger partial charge in [-0.1, -0.05) is 25.4 Å². The first kappa shape index (κ1) is 19.6. The molecule has 1 aliphatic rings. The first-order chi connectivity index (χ1) is 11.8. The molecule has 25 heavy (non-hydrogen) atoms. The number of likely N-dealkylation sites (tertiary alicyclic amines) is 1. The molecule has 0 radical (unpaired) electrons. The number of benzene rings is 1. The van der Waals surface area contributed by atoms with Crippen LogP contribution < -0.4 is 10.1 Å². The minimum atomic E-state index is -0.140. The summed E-state index contributed by atoms with van der Waals surface area (Å²) in [5, 5.41) is 3.71. The molecule has 2 amide bonds. The Morgan fingerprint density at radius 3 is 2.32 bits per heavy atom. The minimum absolute atomic E-state index is 0.0193. The molecule has 6 heteroatoms. The lowest BCUT2D eigenvalue weighted by molar-refractivity contribution is -0.135. The normalized spacial score (nSPS) is 15.4. The Bertz CT molecular complexity index is 615. The van der Waals surface area contributed by atoms with Gasteiger partial charge in [0.15, 0.2) is 6.61 Å². The van der Waals surface area contributed by atoms with E-state index in [0.717, 1.165) is 29.0 Å². The third-order valence-electron chi connectivity index (χ3n) is 4.45. The van der Waals surface area contributed by atoms with Gasteiger partial charge in [-0.05, 0) is 49.9 Å². The van der Waals surface area contributed by atoms with Crippen LogP contribution in [0, 0.1) is 19.8 Å². The molecule has 138 valence electrons. The highest BCUT2D eigenvalue weighted by Gasteiger charge is 2.25. The molecule has 1 N–H and O–H groups in total. The van der Waals surface area contributed by atoms with Gasteiger partial charge in [0.2, 0.25) is 5.91 Å². The van der Waals surface area contributed by atoms with Gasteiger partial charge in [0.25, 0.3) is 5.91 Å². The van der Waals surface area contributed by atoms with Gasteiger partial charge in [0.1, 0.15) is 5.75 Å². The zero-order chi connectivity index (χ0) is 18.6. The number of hydrogen-bond donors (Lipinski definition) is 1. The molecule has 1 aromatic rings. The Balaban J connectivity index is 1.77. The highest BCUT2D eigenvalue weighted by molar-refractivity contribution is 6.32. The number of rotatable bonds is 5. The summed E-state index contributed by atoms with van der Waals surface area (Å²) in [5.41, 5.74) is 1.86. The summed E-state index contributed by atoms with van der Waals surface area (Å²) >= 11 is 6.13. The van der Waals surface area contributed by atoms with E-state index in [9.17, 15) is 9.59 Å². The van der Waals surface area contributed by atoms with Crippen LogP contribution in [-0.4, -0.2) is 42.5 Å². The van der Waals surface area contributed by atoms with Crippen molar-refractivity contribution in [1.82, 2.24) is 10.2 Å². The summed E-state index contributed by atoms with van der Waals surface area (Å²) in [6.07, 6.45) is 1.56. The molecule has 0 spiro atoms. The Hall–Kier alpha value is -1.75. The Kier molecular flexibility index (Phi) is 6.71. The summed E-state index contributed by atoms with van der Waals surface area (Å²) in [5.74, 6) is 0.707. The molecule has 1 aliphatic heterocycles. The fourth-order valence-electron chi connectivity index (χ4n) is 3.02. The van der Waals surface area contributed by atoms with Gasteiger partial charge in [-0.2, -0.15) is 0 Å². The van der Waals surface area contributed by atoms with Crippen molar-refractivity contribution in [3.05, 3.63) is 28.3 Å². The maximum Gasteiger partial charge on any atom is 0.258 e. The SMILES string of the molecule is Cc1cc(OCC(=O)NC2CCN(C(=O)C(C)C)CC2)cc(C)c1Cl. The van der Waals surface area contributed by atoms with Crippen molar-refractivity contribution in [2.45, 2.75) is 46.6 Å². The van der Waals surface area contributed by atoms with Crippen molar-refractivity contribution >= 4 is 23.4 Å². The lowest BCUT2D eigenvalue weighted by Crippen LogP contribution is -2.48. The number of nitrogens with one attached hydrogen (secondary N) is 1. The van der Waals surface area contributed by atoms with Gasteiger partial charge in [0, 0.05) is 30.1 Å². The minimum Gasteiger partial charge on any atom is -0.484 e. The molecule has 5 nitrogen and oxygen atoms in total. The largest absolute Gasteiger partial charge is 0.484 e. The molecule has 1 aromatic carbocycles. The van der Waals surface area contributed by atoms with Gasteiger partial charge in [-0.25, -0.2) is 0 Å². The number of nitrogens with zero attached hydrogens (tertiary/aromatic N) is 1. The van der Waals surface area contributed by atoms with Crippen LogP contribution in [0.2, 0.25) is 5.02 Å². The van der Waals surface area contributed by atoms with Crippen LogP contribution in [0.1, 0.15) is 37.8 Å². The number of halogens is 1. The van der Waals surface area contributed by atoms with Crippen molar-refractivity contribution in [2.24, 2.45) is 5.92 Å². The monoisotopic (exact) mass is 366 g/mol. The van der Waals surface area contributed by atoms with Gasteiger partial charge in [0.05, 0.1) is 0 Å². The van der Waals surface area contributed by atoms with Gasteiger partial charge in [-0.15, -0.1) is 0 Å². The van der Waals surface area contributed by atoms with Crippen molar-refractivity contribution in [1.29, 1.82) is 0 Å². The highest BCUT2D eigenvalue weighted by Crippen LogP contribution is 2.25. The molecule has 0 atom stereocenters. The second-order valence-electron chi connectivity index (χ2n) is 6.98. The van der Waals surface area contributed by atoms with Gasteiger partial charge < -0.3 is 15.0 Å². The van der Waals surface area contributed by atoms with Crippen LogP contribution in [-0.2, 0) is 9.59 Å². The first-order valence-corrected chi connectivity index (χ1v) is 9.13. The summed E-state index contributed by atoms with van der Waals surface area (Å²) in [6.45, 7) is 9.01. The summed E-state index contributed by atoms with van der Waals surface area (Å²) in [6, 6.07) is 3.76. The average Bonchev–Trinajstić information content (AvgIpc) is 2.57. The third kappa shape index (κ3) is 5.36. The number of hydrogen-bond acceptors (Lipinski definition) is 3. The molecule has 0 aliphatic carbocycles. The van der Waals surface area contributed by atoms with Crippen LogP contribution >= 0.6 is 11.6 Å². The first-order valence-electron chi connectivity index (χ1n) is 8.75. The number of aryl methyl sites for hydroxylation is 2. The predicted octanol–water partition coefficient (Wildman–Crippen LogP) is 3.10. The molecular formula is C19H27ClN2O3. The zero-order valence-corrected chi connectivity index (χ0v) is 16.2. The zero-order valence-electron chi connectivity index (χ0n) is 15.4. The third-order valence-corrected chi connectivity index (χ3v) is 5.04. The summed E-state index contributed by atoms with van der Waals surface area (Å²) in [7, 11) is 0. The van der Waals surface area contributed by atoms with E-state index in [4.69, 9.17) is 16.3 Å². The van der Waals surface area contributed by atoms with E-state index >= 15 is 0 Å². The van der Waals surface area contributed by atoms with Crippen molar-refractivity contribution < 1.29 is 14.3 Å². The molecule has 1 heterocycles. The molecule has 0 aromatic heterocycles. The second-order valence-corrected chi connectivity index (χ2v) is 7.36. The topological polar surface area (TPSA) is 58.6 Å². The predicted molar refractivity (Wildman–Crippen MR) is 99.0 cm³/mol. The van der Waals surface area contributed by atoms with E-state index in [1.54, 1.807) is 0 Å². The van der Waals surface area contributed by atoms with E-state index < -0.39 is 0 Å². The van der Waals surface area contributed by atoms with E-state index in [1.807, 2.05) is 44.7 Å². The van der Waals surface area contributed by atoms with Crippen LogP contribution in [0.15, 0.2) is 12.1 Å². The number of ether oxygens (including phenoxy) is 1. The number of carbonyl (C=O) groups excluding carboxylic acids is 2. The van der Waals surface area contributed by atoms with Crippen molar-refractivity contribution in [2.75, 3.05) is 19.7 Å². The number of carbonyl (C=O) groups is 2. The van der Waals surface area contributed by atoms with E-state index in [0.29, 0.717) is 18.8 Å². The fraction of sp³-hybridized carbons (Fsp3) is 0.579. The van der Waals surface area contributed by atoms with Crippen molar-refractivity contribution in [3.63, 3.8) is 0 Å². The number of amides is 2. The molecule has 1 fully saturated rings. The standard InChI is InChI=1S/C19H27ClN2O3/c1-12(2)19(24)22-7-5-15(6-8-22)21-17(23)11-25-16-9-13(3)18(20)14(4)10-16/h9-10,12,15H,5-8,11H2,1-4H3,(H,21,23). The number of piperidine rings is 1. The maximum atomic E-state index is 12.1. The van der Waals surface area contributed by atoms with E-state index in [1.165, 1.54) is 0 Å². The van der Waals surface area contributed by atoms with Crippen LogP contribution in [0.3, 0.4) is 0 Å². The van der Waals surface area contributed by atoms with E-state index in [-0.39, 0.29) is 30.4 Å². The second kappa shape index (κ2) is 8.56. The quantitative estimate of drug-likeness (QED) is 0.871. The van der Waals surface area contributed by atoms with E-state index in [2.05, 4.69) is 5.32 Å². The summed E-state index contributed by atoms with van der Waals surface area (Å²) < 4.78 is 5.58. The molecule has 2 rings (SSSR count). The van der Waals surface area contributed by atoms with Gasteiger partial charge in [-0.3, -0.25) is 9.59 Å². The Labute approximate surface area is 154 Å². The Morgan fingerprint density at radius 2 is 1.80 bits per heavy atom. The highest BCUT2D eigenvalue weighted by atomic mass is 35.5. The van der Waals surface area contributed by atoms with Crippen molar-refractivity contribution in [3.8, 4) is 5.75 Å². The average molecular weight is 367 g/mol. The van der Waals surface area contributed by atoms with Crippen LogP contribution in [0.4, 0.5) is 0 Å². The lowest BCUT2D eigenvalue weighted by Gasteiger charge is -2.33. The Morgan fingerprint density at radius 1 is 1.24 bits per heavy atom. The summed E-state index contributed by atoms with van der Waals surface area (Å²) in [4.78, 5) is 26.0. The molecular weight excluding hydrogens is 340 g/mol. The molecule has 0 unspecified atom stereocenters. The van der Waals surface area contributed by atoms with Crippen LogP contribution in [0.25, 0.3) is 0 Å². The smallest absolute Gasteiger partial charge is 0.258 e.